The predicted molar refractivity (Wildman–Crippen MR) is 132 cm³/mol. The molecule has 0 spiro atoms. The first kappa shape index (κ1) is 22.8. The highest BCUT2D eigenvalue weighted by Crippen LogP contribution is 2.48. The number of hydrogen-bond donors (Lipinski definition) is 2. The Kier molecular flexibility index (Phi) is 6.57. The third-order valence-electron chi connectivity index (χ3n) is 4.98. The van der Waals surface area contributed by atoms with Crippen LogP contribution >= 0.6 is 32.3 Å². The molecule has 0 bridgehead atoms. The molecular weight excluding hydrogens is 551 g/mol. The van der Waals surface area contributed by atoms with Crippen LogP contribution in [0.3, 0.4) is 0 Å². The van der Waals surface area contributed by atoms with Gasteiger partial charge in [-0.25, -0.2) is 0 Å². The topological polar surface area (TPSA) is 72.0 Å². The van der Waals surface area contributed by atoms with Crippen LogP contribution < -0.4 is 15.4 Å². The van der Waals surface area contributed by atoms with Gasteiger partial charge in [0.25, 0.3) is 0 Å². The Morgan fingerprint density at radius 3 is 2.34 bits per heavy atom. The van der Waals surface area contributed by atoms with E-state index in [1.54, 1.807) is 0 Å². The van der Waals surface area contributed by atoms with Crippen molar-refractivity contribution in [3.63, 3.8) is 0 Å². The standard InChI is InChI=1S/C22H21ClF2IN5O/c1-14-3-9-17(10-4-14)27-18-28-19(30-20(29-18)32-13-22(24,25)26-2)31-21(11-12-21)15-5-7-16(23)8-6-15/h3-10H,2,11-13H2,1H3,(H2,27,28,29,30,31). The molecule has 32 heavy (non-hydrogen) atoms. The molecular formula is C22H21ClF2IN5O. The Morgan fingerprint density at radius 1 is 1.06 bits per heavy atom. The van der Waals surface area contributed by atoms with Crippen LogP contribution in [-0.4, -0.2) is 30.0 Å². The minimum atomic E-state index is -2.97. The van der Waals surface area contributed by atoms with E-state index in [4.69, 9.17) is 16.3 Å². The monoisotopic (exact) mass is 571 g/mol. The van der Waals surface area contributed by atoms with Gasteiger partial charge in [-0.15, -0.1) is 0 Å². The lowest BCUT2D eigenvalue weighted by molar-refractivity contribution is 0.0601. The summed E-state index contributed by atoms with van der Waals surface area (Å²) in [4.78, 5) is 12.8. The molecule has 0 saturated heterocycles. The van der Waals surface area contributed by atoms with E-state index in [-0.39, 0.29) is 23.4 Å². The highest BCUT2D eigenvalue weighted by molar-refractivity contribution is 14.2. The molecule has 0 amide bonds. The van der Waals surface area contributed by atoms with Gasteiger partial charge in [0.05, 0.1) is 5.54 Å². The maximum absolute atomic E-state index is 13.7. The van der Waals surface area contributed by atoms with Crippen molar-refractivity contribution in [1.29, 1.82) is 0 Å². The number of aryl methyl sites for hydroxylation is 1. The highest BCUT2D eigenvalue weighted by atomic mass is 127. The van der Waals surface area contributed by atoms with E-state index in [2.05, 4.69) is 30.1 Å². The zero-order valence-electron chi connectivity index (χ0n) is 17.2. The number of hydrogen-bond acceptors (Lipinski definition) is 6. The van der Waals surface area contributed by atoms with E-state index in [1.165, 1.54) is 0 Å². The molecule has 6 nitrogen and oxygen atoms in total. The zero-order chi connectivity index (χ0) is 22.8. The normalized spacial score (nSPS) is 14.6. The maximum Gasteiger partial charge on any atom is 0.324 e. The predicted octanol–water partition coefficient (Wildman–Crippen LogP) is 6.05. The fourth-order valence-corrected chi connectivity index (χ4v) is 3.58. The van der Waals surface area contributed by atoms with Gasteiger partial charge in [-0.05, 0) is 70.3 Å². The van der Waals surface area contributed by atoms with E-state index in [0.29, 0.717) is 5.02 Å². The smallest absolute Gasteiger partial charge is 0.324 e. The minimum Gasteiger partial charge on any atom is -0.456 e. The Morgan fingerprint density at radius 2 is 1.72 bits per heavy atom. The molecule has 2 N–H and O–H groups in total. The number of anilines is 3. The quantitative estimate of drug-likeness (QED) is 0.241. The molecule has 10 heteroatoms. The van der Waals surface area contributed by atoms with Gasteiger partial charge >= 0.3 is 9.94 Å². The van der Waals surface area contributed by atoms with Crippen LogP contribution in [0.2, 0.25) is 5.02 Å². The summed E-state index contributed by atoms with van der Waals surface area (Å²) in [5.41, 5.74) is 2.57. The molecule has 1 aromatic heterocycles. The third kappa shape index (κ3) is 5.69. The minimum absolute atomic E-state index is 0.179. The SMILES string of the molecule is C=IC(F)(F)COc1nc(Nc2ccc(C)cc2)nc(NC2(c3ccc(Cl)cc3)CC2)n1. The number of nitrogens with one attached hydrogen (secondary N) is 2. The Balaban J connectivity index is 1.61. The van der Waals surface area contributed by atoms with E-state index < -0.39 is 31.3 Å². The van der Waals surface area contributed by atoms with Crippen molar-refractivity contribution >= 4 is 54.4 Å². The van der Waals surface area contributed by atoms with Crippen LogP contribution in [-0.2, 0) is 5.54 Å². The summed E-state index contributed by atoms with van der Waals surface area (Å²) in [5, 5.41) is 7.07. The summed E-state index contributed by atoms with van der Waals surface area (Å²) in [6.45, 7) is 1.16. The van der Waals surface area contributed by atoms with Crippen LogP contribution in [0.1, 0.15) is 24.0 Å². The number of rotatable bonds is 9. The number of benzene rings is 2. The number of nitrogens with zero attached hydrogens (tertiary/aromatic N) is 3. The van der Waals surface area contributed by atoms with Crippen molar-refractivity contribution in [2.45, 2.75) is 29.2 Å². The van der Waals surface area contributed by atoms with Crippen LogP contribution in [0.4, 0.5) is 26.4 Å². The number of ether oxygens (including phenoxy) is 1. The van der Waals surface area contributed by atoms with Gasteiger partial charge in [-0.2, -0.15) is 23.7 Å². The van der Waals surface area contributed by atoms with Crippen molar-refractivity contribution in [1.82, 2.24) is 15.0 Å². The summed E-state index contributed by atoms with van der Waals surface area (Å²) in [6.07, 6.45) is 1.75. The molecule has 0 atom stereocenters. The first-order valence-electron chi connectivity index (χ1n) is 9.81. The fraction of sp³-hybridized carbons (Fsp3) is 0.273. The van der Waals surface area contributed by atoms with Gasteiger partial charge in [0.15, 0.2) is 6.61 Å². The molecule has 0 radical (unpaired) electrons. The van der Waals surface area contributed by atoms with E-state index in [0.717, 1.165) is 29.7 Å². The van der Waals surface area contributed by atoms with Crippen molar-refractivity contribution in [2.24, 2.45) is 0 Å². The second-order valence-corrected chi connectivity index (χ2v) is 10.3. The lowest BCUT2D eigenvalue weighted by Crippen LogP contribution is -2.23. The average molecular weight is 572 g/mol. The lowest BCUT2D eigenvalue weighted by atomic mass is 10.1. The highest BCUT2D eigenvalue weighted by Gasteiger charge is 2.45. The summed E-state index contributed by atoms with van der Waals surface area (Å²) in [7, 11) is 0. The summed E-state index contributed by atoms with van der Waals surface area (Å²) >= 11 is 4.45. The van der Waals surface area contributed by atoms with Crippen LogP contribution in [0, 0.1) is 6.92 Å². The van der Waals surface area contributed by atoms with Crippen LogP contribution in [0.25, 0.3) is 0 Å². The molecule has 4 rings (SSSR count). The molecule has 2 aromatic carbocycles. The van der Waals surface area contributed by atoms with Gasteiger partial charge in [0.2, 0.25) is 11.9 Å². The van der Waals surface area contributed by atoms with E-state index >= 15 is 0 Å². The van der Waals surface area contributed by atoms with Gasteiger partial charge in [0.1, 0.15) is 0 Å². The van der Waals surface area contributed by atoms with E-state index in [9.17, 15) is 8.78 Å². The third-order valence-corrected chi connectivity index (χ3v) is 6.66. The van der Waals surface area contributed by atoms with E-state index in [1.807, 2.05) is 55.5 Å². The second kappa shape index (κ2) is 9.22. The molecule has 1 aliphatic rings. The zero-order valence-corrected chi connectivity index (χ0v) is 20.1. The molecule has 1 fully saturated rings. The molecule has 1 saturated carbocycles. The first-order chi connectivity index (χ1) is 15.3. The first-order valence-corrected chi connectivity index (χ1v) is 12.8. The summed E-state index contributed by atoms with van der Waals surface area (Å²) in [5.74, 6) is 0.436. The van der Waals surface area contributed by atoms with Crippen molar-refractivity contribution in [2.75, 3.05) is 17.2 Å². The molecule has 0 unspecified atom stereocenters. The van der Waals surface area contributed by atoms with Gasteiger partial charge in [-0.1, -0.05) is 45.9 Å². The Labute approximate surface area is 199 Å². The van der Waals surface area contributed by atoms with Crippen molar-refractivity contribution < 1.29 is 13.5 Å². The lowest BCUT2D eigenvalue weighted by Gasteiger charge is -2.19. The summed E-state index contributed by atoms with van der Waals surface area (Å²) < 4.78 is 33.0. The molecule has 0 aliphatic heterocycles. The van der Waals surface area contributed by atoms with Crippen molar-refractivity contribution in [3.8, 4) is 6.01 Å². The number of alkyl halides is 3. The summed E-state index contributed by atoms with van der Waals surface area (Å²) in [6, 6.07) is 15.0. The molecule has 168 valence electrons. The molecule has 3 aromatic rings. The Hall–Kier alpha value is -2.40. The van der Waals surface area contributed by atoms with Crippen LogP contribution in [0.15, 0.2) is 48.5 Å². The van der Waals surface area contributed by atoms with Crippen molar-refractivity contribution in [3.05, 3.63) is 64.7 Å². The van der Waals surface area contributed by atoms with Gasteiger partial charge in [-0.3, -0.25) is 0 Å². The van der Waals surface area contributed by atoms with Gasteiger partial charge in [0, 0.05) is 10.7 Å². The second-order valence-electron chi connectivity index (χ2n) is 7.51. The fourth-order valence-electron chi connectivity index (χ4n) is 3.08. The van der Waals surface area contributed by atoms with Crippen LogP contribution in [0.5, 0.6) is 6.01 Å². The number of halogens is 4. The average Bonchev–Trinajstić information content (AvgIpc) is 3.55. The number of aromatic nitrogens is 3. The maximum atomic E-state index is 13.7. The Bertz CT molecular complexity index is 1110. The molecule has 1 aliphatic carbocycles. The van der Waals surface area contributed by atoms with Gasteiger partial charge < -0.3 is 15.4 Å². The molecule has 1 heterocycles. The largest absolute Gasteiger partial charge is 0.456 e.